The van der Waals surface area contributed by atoms with Crippen molar-refractivity contribution in [2.45, 2.75) is 6.92 Å². The van der Waals surface area contributed by atoms with E-state index < -0.39 is 0 Å². The summed E-state index contributed by atoms with van der Waals surface area (Å²) in [6, 6.07) is 0. The first-order valence-electron chi connectivity index (χ1n) is 0.996. The molecule has 0 unspecified atom stereocenters. The summed E-state index contributed by atoms with van der Waals surface area (Å²) in [6.45, 7) is 1.57. The zero-order valence-corrected chi connectivity index (χ0v) is 5.82. The molecule has 1 radical (unpaired) electrons. The molecule has 0 amide bonds. The molecule has 0 saturated carbocycles. The summed E-state index contributed by atoms with van der Waals surface area (Å²) in [7, 11) is 0. The van der Waals surface area contributed by atoms with E-state index in [0.717, 1.165) is 0 Å². The van der Waals surface area contributed by atoms with Crippen molar-refractivity contribution in [1.82, 2.24) is 0 Å². The zero-order valence-electron chi connectivity index (χ0n) is 2.62. The molecule has 0 aromatic rings. The Hall–Kier alpha value is 1.31. The van der Waals surface area contributed by atoms with E-state index in [1.807, 2.05) is 0 Å². The molecule has 0 rings (SSSR count). The van der Waals surface area contributed by atoms with Crippen molar-refractivity contribution < 1.29 is 45.9 Å². The van der Waals surface area contributed by atoms with Crippen molar-refractivity contribution in [2.75, 3.05) is 6.61 Å². The van der Waals surface area contributed by atoms with Crippen LogP contribution in [0.2, 0.25) is 0 Å². The van der Waals surface area contributed by atoms with Crippen LogP contribution in [0.4, 0.5) is 0 Å². The molecule has 2 heteroatoms. The van der Waals surface area contributed by atoms with Crippen molar-refractivity contribution in [3.05, 3.63) is 0 Å². The second-order valence-electron chi connectivity index (χ2n) is 0.289. The van der Waals surface area contributed by atoms with E-state index in [0.29, 0.717) is 0 Å². The van der Waals surface area contributed by atoms with Crippen LogP contribution < -0.4 is 0 Å². The third kappa shape index (κ3) is 10.3. The summed E-state index contributed by atoms with van der Waals surface area (Å²) in [6.07, 6.45) is 0. The SMILES string of the molecule is CC[O].[Nd]. The minimum absolute atomic E-state index is 0. The van der Waals surface area contributed by atoms with Crippen molar-refractivity contribution in [3.8, 4) is 0 Å². The van der Waals surface area contributed by atoms with Gasteiger partial charge in [-0.1, -0.05) is 0 Å². The average Bonchev–Trinajstić information content (AvgIpc) is 0.918. The van der Waals surface area contributed by atoms with Gasteiger partial charge in [0.25, 0.3) is 0 Å². The molecule has 4 heavy (non-hydrogen) atoms. The summed E-state index contributed by atoms with van der Waals surface area (Å²) < 4.78 is 0. The summed E-state index contributed by atoms with van der Waals surface area (Å²) in [4.78, 5) is 0. The Morgan fingerprint density at radius 3 is 1.75 bits per heavy atom. The van der Waals surface area contributed by atoms with Crippen LogP contribution in [0.3, 0.4) is 0 Å². The van der Waals surface area contributed by atoms with Crippen LogP contribution in [-0.4, -0.2) is 6.61 Å². The van der Waals surface area contributed by atoms with Gasteiger partial charge in [0.1, 0.15) is 0 Å². The third-order valence-electron chi connectivity index (χ3n) is 0. The van der Waals surface area contributed by atoms with Crippen LogP contribution in [0, 0.1) is 40.8 Å². The summed E-state index contributed by atoms with van der Waals surface area (Å²) in [5, 5.41) is 8.93. The van der Waals surface area contributed by atoms with Gasteiger partial charge in [-0.25, -0.2) is 5.11 Å². The fourth-order valence-electron chi connectivity index (χ4n) is 0. The largest absolute Gasteiger partial charge is 0.237 e. The van der Waals surface area contributed by atoms with Crippen LogP contribution in [-0.2, 0) is 5.11 Å². The van der Waals surface area contributed by atoms with Gasteiger partial charge in [0, 0.05) is 40.8 Å². The molecular formula is C2H5NdO. The van der Waals surface area contributed by atoms with Gasteiger partial charge in [-0.05, 0) is 6.92 Å². The normalized spacial score (nSPS) is 4.50. The summed E-state index contributed by atoms with van der Waals surface area (Å²) in [5.74, 6) is 0. The molecule has 23 valence electrons. The van der Waals surface area contributed by atoms with E-state index in [2.05, 4.69) is 0 Å². The maximum atomic E-state index is 8.93. The van der Waals surface area contributed by atoms with E-state index in [4.69, 9.17) is 5.11 Å². The van der Waals surface area contributed by atoms with Gasteiger partial charge in [-0.15, -0.1) is 0 Å². The first-order valence-corrected chi connectivity index (χ1v) is 0.996. The second-order valence-corrected chi connectivity index (χ2v) is 0.289. The maximum Gasteiger partial charge on any atom is 0.0794 e. The Kier molecular flexibility index (Phi) is 19.9. The second kappa shape index (κ2) is 8.85. The Bertz CT molecular complexity index is 6.00. The predicted octanol–water partition coefficient (Wildman–Crippen LogP) is 0.437. The van der Waals surface area contributed by atoms with Crippen molar-refractivity contribution in [3.63, 3.8) is 0 Å². The van der Waals surface area contributed by atoms with Crippen LogP contribution in [0.15, 0.2) is 0 Å². The first-order chi connectivity index (χ1) is 1.41. The van der Waals surface area contributed by atoms with Gasteiger partial charge in [-0.2, -0.15) is 0 Å². The summed E-state index contributed by atoms with van der Waals surface area (Å²) in [5.41, 5.74) is 0. The van der Waals surface area contributed by atoms with Crippen molar-refractivity contribution >= 4 is 0 Å². The molecule has 0 bridgehead atoms. The quantitative estimate of drug-likeness (QED) is 0.527. The van der Waals surface area contributed by atoms with Crippen LogP contribution >= 0.6 is 0 Å². The van der Waals surface area contributed by atoms with E-state index >= 15 is 0 Å². The molecule has 0 N–H and O–H groups in total. The van der Waals surface area contributed by atoms with Gasteiger partial charge in [0.15, 0.2) is 0 Å². The van der Waals surface area contributed by atoms with Crippen molar-refractivity contribution in [2.24, 2.45) is 0 Å². The van der Waals surface area contributed by atoms with Gasteiger partial charge in [-0.3, -0.25) is 0 Å². The molecular weight excluding hydrogens is 184 g/mol. The molecule has 0 atom stereocenters. The molecule has 0 fully saturated rings. The monoisotopic (exact) mass is 187 g/mol. The third-order valence-corrected chi connectivity index (χ3v) is 0. The molecule has 0 heterocycles. The predicted molar refractivity (Wildman–Crippen MR) is 11.2 cm³/mol. The number of rotatable bonds is 0. The average molecular weight is 189 g/mol. The van der Waals surface area contributed by atoms with E-state index in [-0.39, 0.29) is 47.4 Å². The van der Waals surface area contributed by atoms with E-state index in [1.54, 1.807) is 6.92 Å². The van der Waals surface area contributed by atoms with Crippen LogP contribution in [0.5, 0.6) is 0 Å². The van der Waals surface area contributed by atoms with Crippen molar-refractivity contribution in [1.29, 1.82) is 0 Å². The van der Waals surface area contributed by atoms with Gasteiger partial charge in [0.2, 0.25) is 0 Å². The molecule has 0 aliphatic rings. The van der Waals surface area contributed by atoms with E-state index in [9.17, 15) is 0 Å². The molecule has 1 nitrogen and oxygen atoms in total. The Morgan fingerprint density at radius 2 is 1.75 bits per heavy atom. The van der Waals surface area contributed by atoms with Gasteiger partial charge in [0.05, 0.1) is 6.61 Å². The number of hydrogen-bond acceptors (Lipinski definition) is 0. The Morgan fingerprint density at radius 1 is 1.75 bits per heavy atom. The Balaban J connectivity index is 0. The van der Waals surface area contributed by atoms with Crippen LogP contribution in [0.1, 0.15) is 6.92 Å². The van der Waals surface area contributed by atoms with Gasteiger partial charge >= 0.3 is 0 Å². The smallest absolute Gasteiger partial charge is 0.0794 e. The minimum atomic E-state index is 0. The van der Waals surface area contributed by atoms with Crippen LogP contribution in [0.25, 0.3) is 0 Å². The fourth-order valence-corrected chi connectivity index (χ4v) is 0. The molecule has 0 aliphatic heterocycles. The number of hydrogen-bond donors (Lipinski definition) is 0. The standard InChI is InChI=1S/C2H5O.Nd/c1-2-3;/h2H2,1H3;. The molecule has 0 aliphatic carbocycles. The topological polar surface area (TPSA) is 19.9 Å². The Labute approximate surface area is 58.9 Å². The summed E-state index contributed by atoms with van der Waals surface area (Å²) >= 11 is 0. The molecule has 0 saturated heterocycles. The fraction of sp³-hybridized carbons (Fsp3) is 1.00. The van der Waals surface area contributed by atoms with Gasteiger partial charge < -0.3 is 0 Å². The maximum absolute atomic E-state index is 8.93. The molecule has 0 aromatic heterocycles. The zero-order chi connectivity index (χ0) is 2.71. The first kappa shape index (κ1) is 9.00. The van der Waals surface area contributed by atoms with E-state index in [1.165, 1.54) is 0 Å². The molecule has 0 spiro atoms. The molecule has 0 aromatic carbocycles. The minimum Gasteiger partial charge on any atom is -0.237 e.